The molecule has 0 radical (unpaired) electrons. The second-order valence-electron chi connectivity index (χ2n) is 6.66. The van der Waals surface area contributed by atoms with Crippen LogP contribution in [0.4, 0.5) is 5.82 Å². The van der Waals surface area contributed by atoms with Crippen molar-refractivity contribution in [3.63, 3.8) is 0 Å². The number of hydrogen-bond acceptors (Lipinski definition) is 4. The Morgan fingerprint density at radius 1 is 1.12 bits per heavy atom. The van der Waals surface area contributed by atoms with E-state index in [-0.39, 0.29) is 11.9 Å². The Kier molecular flexibility index (Phi) is 4.16. The van der Waals surface area contributed by atoms with Gasteiger partial charge < -0.3 is 9.80 Å². The highest BCUT2D eigenvalue weighted by Crippen LogP contribution is 2.30. The van der Waals surface area contributed by atoms with Crippen LogP contribution in [0.5, 0.6) is 0 Å². The lowest BCUT2D eigenvalue weighted by atomic mass is 9.95. The quantitative estimate of drug-likeness (QED) is 0.731. The molecule has 1 aliphatic heterocycles. The standard InChI is InChI=1S/C20H21N5O/c1-23(2)19-17(9-5-10-21-19)20(26)24-13-15-7-3-4-8-16(15)18(14-24)25-12-6-11-22-25/h3-12,18H,13-14H2,1-2H3/t18-/m1/s1. The zero-order valence-corrected chi connectivity index (χ0v) is 14.9. The average Bonchev–Trinajstić information content (AvgIpc) is 3.21. The molecular formula is C20H21N5O. The van der Waals surface area contributed by atoms with Crippen LogP contribution in [0.15, 0.2) is 61.1 Å². The first-order valence-corrected chi connectivity index (χ1v) is 8.63. The topological polar surface area (TPSA) is 54.3 Å². The van der Waals surface area contributed by atoms with Gasteiger partial charge in [0.1, 0.15) is 5.82 Å². The van der Waals surface area contributed by atoms with Crippen molar-refractivity contribution >= 4 is 11.7 Å². The van der Waals surface area contributed by atoms with E-state index in [1.165, 1.54) is 5.56 Å². The van der Waals surface area contributed by atoms with E-state index in [0.29, 0.717) is 24.5 Å². The monoisotopic (exact) mass is 347 g/mol. The van der Waals surface area contributed by atoms with Gasteiger partial charge in [-0.05, 0) is 29.3 Å². The average molecular weight is 347 g/mol. The lowest BCUT2D eigenvalue weighted by Crippen LogP contribution is -2.41. The second-order valence-corrected chi connectivity index (χ2v) is 6.66. The van der Waals surface area contributed by atoms with Gasteiger partial charge >= 0.3 is 0 Å². The number of amides is 1. The number of nitrogens with zero attached hydrogens (tertiary/aromatic N) is 5. The smallest absolute Gasteiger partial charge is 0.257 e. The highest BCUT2D eigenvalue weighted by atomic mass is 16.2. The van der Waals surface area contributed by atoms with Gasteiger partial charge in [0.05, 0.1) is 11.6 Å². The van der Waals surface area contributed by atoms with Crippen molar-refractivity contribution in [2.75, 3.05) is 25.5 Å². The fourth-order valence-corrected chi connectivity index (χ4v) is 3.52. The summed E-state index contributed by atoms with van der Waals surface area (Å²) >= 11 is 0. The Hall–Kier alpha value is -3.15. The lowest BCUT2D eigenvalue weighted by molar-refractivity contribution is 0.0706. The number of hydrogen-bond donors (Lipinski definition) is 0. The molecule has 0 N–H and O–H groups in total. The van der Waals surface area contributed by atoms with Crippen molar-refractivity contribution in [1.82, 2.24) is 19.7 Å². The summed E-state index contributed by atoms with van der Waals surface area (Å²) in [5.41, 5.74) is 3.00. The molecule has 0 saturated heterocycles. The maximum absolute atomic E-state index is 13.3. The summed E-state index contributed by atoms with van der Waals surface area (Å²) in [5, 5.41) is 4.41. The number of anilines is 1. The Morgan fingerprint density at radius 2 is 1.96 bits per heavy atom. The molecule has 1 aromatic carbocycles. The summed E-state index contributed by atoms with van der Waals surface area (Å²) in [5.74, 6) is 0.681. The second kappa shape index (κ2) is 6.63. The number of rotatable bonds is 3. The first-order chi connectivity index (χ1) is 12.6. The van der Waals surface area contributed by atoms with Gasteiger partial charge in [-0.15, -0.1) is 0 Å². The lowest BCUT2D eigenvalue weighted by Gasteiger charge is -2.35. The van der Waals surface area contributed by atoms with Crippen LogP contribution in [0.25, 0.3) is 0 Å². The molecule has 132 valence electrons. The molecule has 0 bridgehead atoms. The van der Waals surface area contributed by atoms with Gasteiger partial charge in [-0.2, -0.15) is 5.10 Å². The number of pyridine rings is 1. The summed E-state index contributed by atoms with van der Waals surface area (Å²) in [6, 6.07) is 13.8. The number of carbonyl (C=O) groups excluding carboxylic acids is 1. The molecule has 6 nitrogen and oxygen atoms in total. The predicted octanol–water partition coefficient (Wildman–Crippen LogP) is 2.59. The summed E-state index contributed by atoms with van der Waals surface area (Å²) in [4.78, 5) is 21.4. The van der Waals surface area contributed by atoms with Crippen LogP contribution >= 0.6 is 0 Å². The largest absolute Gasteiger partial charge is 0.362 e. The third kappa shape index (κ3) is 2.83. The molecule has 0 aliphatic carbocycles. The van der Waals surface area contributed by atoms with Crippen LogP contribution in [0.3, 0.4) is 0 Å². The van der Waals surface area contributed by atoms with Gasteiger partial charge in [-0.1, -0.05) is 24.3 Å². The molecule has 0 spiro atoms. The third-order valence-electron chi connectivity index (χ3n) is 4.74. The summed E-state index contributed by atoms with van der Waals surface area (Å²) in [6.07, 6.45) is 5.43. The normalized spacial score (nSPS) is 16.2. The van der Waals surface area contributed by atoms with Gasteiger partial charge in [0.15, 0.2) is 0 Å². The molecule has 0 saturated carbocycles. The highest BCUT2D eigenvalue weighted by molar-refractivity contribution is 5.99. The van der Waals surface area contributed by atoms with Gasteiger partial charge in [-0.25, -0.2) is 4.98 Å². The molecule has 26 heavy (non-hydrogen) atoms. The SMILES string of the molecule is CN(C)c1ncccc1C(=O)N1Cc2ccccc2[C@H](n2cccn2)C1. The van der Waals surface area contributed by atoms with E-state index in [1.807, 2.05) is 65.1 Å². The predicted molar refractivity (Wildman–Crippen MR) is 100 cm³/mol. The van der Waals surface area contributed by atoms with Crippen LogP contribution in [0.1, 0.15) is 27.5 Å². The van der Waals surface area contributed by atoms with Crippen LogP contribution in [0.2, 0.25) is 0 Å². The van der Waals surface area contributed by atoms with Gasteiger partial charge in [0.25, 0.3) is 5.91 Å². The van der Waals surface area contributed by atoms with Crippen molar-refractivity contribution in [2.45, 2.75) is 12.6 Å². The van der Waals surface area contributed by atoms with Crippen molar-refractivity contribution in [1.29, 1.82) is 0 Å². The minimum atomic E-state index is -0.00606. The summed E-state index contributed by atoms with van der Waals surface area (Å²) < 4.78 is 1.92. The summed E-state index contributed by atoms with van der Waals surface area (Å²) in [6.45, 7) is 1.17. The van der Waals surface area contributed by atoms with Crippen molar-refractivity contribution in [2.24, 2.45) is 0 Å². The van der Waals surface area contributed by atoms with Crippen molar-refractivity contribution in [3.8, 4) is 0 Å². The number of benzene rings is 1. The van der Waals surface area contributed by atoms with Crippen LogP contribution in [0, 0.1) is 0 Å². The van der Waals surface area contributed by atoms with Crippen molar-refractivity contribution in [3.05, 3.63) is 77.7 Å². The maximum atomic E-state index is 13.3. The van der Waals surface area contributed by atoms with E-state index in [4.69, 9.17) is 0 Å². The first-order valence-electron chi connectivity index (χ1n) is 8.63. The molecular weight excluding hydrogens is 326 g/mol. The third-order valence-corrected chi connectivity index (χ3v) is 4.74. The molecule has 2 aromatic heterocycles. The molecule has 3 aromatic rings. The Balaban J connectivity index is 1.72. The molecule has 3 heterocycles. The minimum Gasteiger partial charge on any atom is -0.362 e. The van der Waals surface area contributed by atoms with Gasteiger partial charge in [-0.3, -0.25) is 9.48 Å². The van der Waals surface area contributed by atoms with E-state index in [1.54, 1.807) is 12.4 Å². The maximum Gasteiger partial charge on any atom is 0.257 e. The molecule has 0 fully saturated rings. The minimum absolute atomic E-state index is 0.00606. The van der Waals surface area contributed by atoms with Crippen molar-refractivity contribution < 1.29 is 4.79 Å². The van der Waals surface area contributed by atoms with Gasteiger partial charge in [0, 0.05) is 45.8 Å². The summed E-state index contributed by atoms with van der Waals surface area (Å²) in [7, 11) is 3.80. The van der Waals surface area contributed by atoms with E-state index in [0.717, 1.165) is 5.56 Å². The van der Waals surface area contributed by atoms with Crippen LogP contribution in [-0.2, 0) is 6.54 Å². The van der Waals surface area contributed by atoms with Crippen LogP contribution < -0.4 is 4.90 Å². The number of fused-ring (bicyclic) bond motifs is 1. The zero-order valence-electron chi connectivity index (χ0n) is 14.9. The highest BCUT2D eigenvalue weighted by Gasteiger charge is 2.31. The number of aromatic nitrogens is 3. The molecule has 0 unspecified atom stereocenters. The molecule has 1 amide bonds. The molecule has 4 rings (SSSR count). The number of carbonyl (C=O) groups is 1. The Morgan fingerprint density at radius 3 is 2.73 bits per heavy atom. The zero-order chi connectivity index (χ0) is 18.1. The van der Waals surface area contributed by atoms with E-state index >= 15 is 0 Å². The molecule has 1 atom stereocenters. The van der Waals surface area contributed by atoms with E-state index < -0.39 is 0 Å². The fourth-order valence-electron chi connectivity index (χ4n) is 3.52. The first kappa shape index (κ1) is 16.3. The fraction of sp³-hybridized carbons (Fsp3) is 0.250. The molecule has 1 aliphatic rings. The van der Waals surface area contributed by atoms with E-state index in [9.17, 15) is 4.79 Å². The van der Waals surface area contributed by atoms with E-state index in [2.05, 4.69) is 22.2 Å². The van der Waals surface area contributed by atoms with Crippen LogP contribution in [-0.4, -0.2) is 46.2 Å². The van der Waals surface area contributed by atoms with Gasteiger partial charge in [0.2, 0.25) is 0 Å². The molecule has 6 heteroatoms. The Bertz CT molecular complexity index is 919. The Labute approximate surface area is 152 Å².